The largest absolute Gasteiger partial charge is 0.279 e. The summed E-state index contributed by atoms with van der Waals surface area (Å²) < 4.78 is 28.6. The van der Waals surface area contributed by atoms with Crippen LogP contribution >= 0.6 is 0 Å². The van der Waals surface area contributed by atoms with Gasteiger partial charge in [0, 0.05) is 0 Å². The lowest BCUT2D eigenvalue weighted by atomic mass is 10.0. The second-order valence-electron chi connectivity index (χ2n) is 6.43. The predicted octanol–water partition coefficient (Wildman–Crippen LogP) is 5.23. The van der Waals surface area contributed by atoms with Gasteiger partial charge in [-0.1, -0.05) is 78.9 Å². The predicted molar refractivity (Wildman–Crippen MR) is 110 cm³/mol. The first kappa shape index (κ1) is 17.3. The van der Waals surface area contributed by atoms with Crippen molar-refractivity contribution >= 4 is 26.5 Å². The molecule has 3 nitrogen and oxygen atoms in total. The molecular weight excluding hydrogens is 354 g/mol. The van der Waals surface area contributed by atoms with E-state index in [1.807, 2.05) is 78.9 Å². The van der Waals surface area contributed by atoms with E-state index in [1.165, 1.54) is 0 Å². The Balaban J connectivity index is 1.66. The number of para-hydroxylation sites is 1. The highest BCUT2D eigenvalue weighted by molar-refractivity contribution is 7.92. The monoisotopic (exact) mass is 373 g/mol. The Morgan fingerprint density at radius 3 is 2.15 bits per heavy atom. The van der Waals surface area contributed by atoms with Crippen LogP contribution in [0.15, 0.2) is 102 Å². The van der Waals surface area contributed by atoms with Crippen LogP contribution in [-0.4, -0.2) is 8.42 Å². The van der Waals surface area contributed by atoms with Gasteiger partial charge in [0.25, 0.3) is 10.0 Å². The quantitative estimate of drug-likeness (QED) is 0.520. The van der Waals surface area contributed by atoms with E-state index < -0.39 is 10.0 Å². The molecule has 0 unspecified atom stereocenters. The number of nitrogens with one attached hydrogen (secondary N) is 1. The maximum absolute atomic E-state index is 12.9. The maximum atomic E-state index is 12.9. The van der Waals surface area contributed by atoms with E-state index in [1.54, 1.807) is 18.2 Å². The highest BCUT2D eigenvalue weighted by Crippen LogP contribution is 2.24. The van der Waals surface area contributed by atoms with Crippen molar-refractivity contribution in [2.24, 2.45) is 0 Å². The SMILES string of the molecule is O=S(=O)(Nc1ccccc1Cc1ccccc1)c1ccc2ccccc2c1. The zero-order valence-corrected chi connectivity index (χ0v) is 15.5. The van der Waals surface area contributed by atoms with Crippen molar-refractivity contribution in [2.75, 3.05) is 4.72 Å². The minimum Gasteiger partial charge on any atom is -0.279 e. The van der Waals surface area contributed by atoms with E-state index in [2.05, 4.69) is 4.72 Å². The van der Waals surface area contributed by atoms with Gasteiger partial charge >= 0.3 is 0 Å². The molecule has 0 saturated heterocycles. The second kappa shape index (κ2) is 7.25. The number of fused-ring (bicyclic) bond motifs is 1. The van der Waals surface area contributed by atoms with Gasteiger partial charge in [-0.25, -0.2) is 8.42 Å². The molecule has 0 amide bonds. The molecule has 0 saturated carbocycles. The minimum absolute atomic E-state index is 0.260. The Hall–Kier alpha value is -3.11. The van der Waals surface area contributed by atoms with Crippen LogP contribution in [-0.2, 0) is 16.4 Å². The van der Waals surface area contributed by atoms with Crippen LogP contribution in [0.4, 0.5) is 5.69 Å². The third-order valence-corrected chi connectivity index (χ3v) is 5.89. The smallest absolute Gasteiger partial charge is 0.261 e. The molecule has 0 fully saturated rings. The first-order valence-electron chi connectivity index (χ1n) is 8.75. The van der Waals surface area contributed by atoms with E-state index in [9.17, 15) is 8.42 Å². The lowest BCUT2D eigenvalue weighted by Crippen LogP contribution is -2.14. The van der Waals surface area contributed by atoms with E-state index in [4.69, 9.17) is 0 Å². The summed E-state index contributed by atoms with van der Waals surface area (Å²) in [7, 11) is -3.67. The molecule has 1 N–H and O–H groups in total. The Morgan fingerprint density at radius 1 is 0.667 bits per heavy atom. The van der Waals surface area contributed by atoms with Gasteiger partial charge in [-0.3, -0.25) is 4.72 Å². The molecule has 0 aromatic heterocycles. The van der Waals surface area contributed by atoms with Gasteiger partial charge in [-0.05, 0) is 46.5 Å². The minimum atomic E-state index is -3.67. The molecule has 0 radical (unpaired) electrons. The van der Waals surface area contributed by atoms with Gasteiger partial charge < -0.3 is 0 Å². The summed E-state index contributed by atoms with van der Waals surface area (Å²) >= 11 is 0. The van der Waals surface area contributed by atoms with Crippen LogP contribution in [0.25, 0.3) is 10.8 Å². The van der Waals surface area contributed by atoms with Gasteiger partial charge in [0.2, 0.25) is 0 Å². The zero-order chi connectivity index (χ0) is 18.7. The molecule has 4 heteroatoms. The number of anilines is 1. The summed E-state index contributed by atoms with van der Waals surface area (Å²) in [6, 6.07) is 30.4. The Kier molecular flexibility index (Phi) is 4.65. The molecule has 4 aromatic rings. The van der Waals surface area contributed by atoms with Crippen LogP contribution in [0.1, 0.15) is 11.1 Å². The number of hydrogen-bond acceptors (Lipinski definition) is 2. The third kappa shape index (κ3) is 3.86. The van der Waals surface area contributed by atoms with Crippen molar-refractivity contribution in [3.05, 3.63) is 108 Å². The second-order valence-corrected chi connectivity index (χ2v) is 8.12. The van der Waals surface area contributed by atoms with Crippen LogP contribution in [0.5, 0.6) is 0 Å². The van der Waals surface area contributed by atoms with Crippen LogP contribution in [0, 0.1) is 0 Å². The van der Waals surface area contributed by atoms with Crippen LogP contribution in [0.3, 0.4) is 0 Å². The highest BCUT2D eigenvalue weighted by Gasteiger charge is 2.16. The van der Waals surface area contributed by atoms with Gasteiger partial charge in [-0.2, -0.15) is 0 Å². The number of hydrogen-bond donors (Lipinski definition) is 1. The van der Waals surface area contributed by atoms with Gasteiger partial charge in [0.15, 0.2) is 0 Å². The molecule has 4 rings (SSSR count). The average molecular weight is 373 g/mol. The molecule has 0 aliphatic heterocycles. The molecule has 0 atom stereocenters. The summed E-state index contributed by atoms with van der Waals surface area (Å²) in [5.74, 6) is 0. The summed E-state index contributed by atoms with van der Waals surface area (Å²) in [5, 5.41) is 1.92. The molecular formula is C23H19NO2S. The van der Waals surface area contributed by atoms with E-state index in [0.29, 0.717) is 12.1 Å². The first-order chi connectivity index (χ1) is 13.1. The number of benzene rings is 4. The summed E-state index contributed by atoms with van der Waals surface area (Å²) in [6.45, 7) is 0. The number of sulfonamides is 1. The fourth-order valence-electron chi connectivity index (χ4n) is 3.13. The lowest BCUT2D eigenvalue weighted by molar-refractivity contribution is 0.601. The van der Waals surface area contributed by atoms with Crippen molar-refractivity contribution in [3.63, 3.8) is 0 Å². The average Bonchev–Trinajstić information content (AvgIpc) is 2.70. The van der Waals surface area contributed by atoms with Crippen LogP contribution in [0.2, 0.25) is 0 Å². The van der Waals surface area contributed by atoms with Crippen molar-refractivity contribution in [1.29, 1.82) is 0 Å². The van der Waals surface area contributed by atoms with Crippen molar-refractivity contribution < 1.29 is 8.42 Å². The standard InChI is InChI=1S/C23H19NO2S/c25-27(26,22-15-14-19-10-4-5-11-20(19)17-22)24-23-13-7-6-12-21(23)16-18-8-2-1-3-9-18/h1-15,17,24H,16H2. The Morgan fingerprint density at radius 2 is 1.33 bits per heavy atom. The normalized spacial score (nSPS) is 11.4. The molecule has 0 spiro atoms. The van der Waals surface area contributed by atoms with Crippen molar-refractivity contribution in [2.45, 2.75) is 11.3 Å². The third-order valence-electron chi connectivity index (χ3n) is 4.53. The summed E-state index contributed by atoms with van der Waals surface area (Å²) in [5.41, 5.74) is 2.68. The van der Waals surface area contributed by atoms with Crippen molar-refractivity contribution in [1.82, 2.24) is 0 Å². The lowest BCUT2D eigenvalue weighted by Gasteiger charge is -2.13. The van der Waals surface area contributed by atoms with E-state index in [-0.39, 0.29) is 4.90 Å². The van der Waals surface area contributed by atoms with E-state index in [0.717, 1.165) is 21.9 Å². The van der Waals surface area contributed by atoms with Gasteiger partial charge in [-0.15, -0.1) is 0 Å². The summed E-state index contributed by atoms with van der Waals surface area (Å²) in [6.07, 6.45) is 0.664. The van der Waals surface area contributed by atoms with E-state index >= 15 is 0 Å². The summed E-state index contributed by atoms with van der Waals surface area (Å²) in [4.78, 5) is 0.260. The molecule has 0 aliphatic carbocycles. The van der Waals surface area contributed by atoms with Crippen LogP contribution < -0.4 is 4.72 Å². The molecule has 0 heterocycles. The maximum Gasteiger partial charge on any atom is 0.261 e. The zero-order valence-electron chi connectivity index (χ0n) is 14.7. The topological polar surface area (TPSA) is 46.2 Å². The highest BCUT2D eigenvalue weighted by atomic mass is 32.2. The molecule has 27 heavy (non-hydrogen) atoms. The fraction of sp³-hybridized carbons (Fsp3) is 0.0435. The Labute approximate surface area is 159 Å². The molecule has 134 valence electrons. The Bertz CT molecular complexity index is 1190. The molecule has 4 aromatic carbocycles. The van der Waals surface area contributed by atoms with Gasteiger partial charge in [0.1, 0.15) is 0 Å². The molecule has 0 aliphatic rings. The fourth-order valence-corrected chi connectivity index (χ4v) is 4.26. The number of rotatable bonds is 5. The van der Waals surface area contributed by atoms with Gasteiger partial charge in [0.05, 0.1) is 10.6 Å². The molecule has 0 bridgehead atoms. The van der Waals surface area contributed by atoms with Crippen molar-refractivity contribution in [3.8, 4) is 0 Å². The first-order valence-corrected chi connectivity index (χ1v) is 10.2.